The summed E-state index contributed by atoms with van der Waals surface area (Å²) in [5, 5.41) is 22.9. The number of hydrogen-bond acceptors (Lipinski definition) is 6. The van der Waals surface area contributed by atoms with E-state index in [0.717, 1.165) is 28.7 Å². The number of aromatic nitrogens is 3. The first-order valence-electron chi connectivity index (χ1n) is 9.53. The number of hydrogen-bond donors (Lipinski definition) is 0. The molecule has 1 aromatic carbocycles. The van der Waals surface area contributed by atoms with Crippen molar-refractivity contribution in [3.05, 3.63) is 68.2 Å². The van der Waals surface area contributed by atoms with Crippen molar-refractivity contribution in [2.75, 3.05) is 0 Å². The highest BCUT2D eigenvalue weighted by atomic mass is 32.2. The molecule has 6 nitrogen and oxygen atoms in total. The van der Waals surface area contributed by atoms with Gasteiger partial charge in [-0.3, -0.25) is 10.1 Å². The molecule has 0 amide bonds. The normalized spacial score (nSPS) is 15.0. The fourth-order valence-electron chi connectivity index (χ4n) is 3.66. The van der Waals surface area contributed by atoms with Crippen molar-refractivity contribution in [2.45, 2.75) is 55.5 Å². The van der Waals surface area contributed by atoms with Gasteiger partial charge in [-0.1, -0.05) is 49.2 Å². The Kier molecular flexibility index (Phi) is 6.07. The van der Waals surface area contributed by atoms with Crippen LogP contribution in [0, 0.1) is 10.1 Å². The molecule has 4 rings (SSSR count). The van der Waals surface area contributed by atoms with Gasteiger partial charge in [-0.15, -0.1) is 21.5 Å². The predicted octanol–water partition coefficient (Wildman–Crippen LogP) is 5.64. The molecule has 0 radical (unpaired) electrons. The van der Waals surface area contributed by atoms with E-state index in [1.165, 1.54) is 37.0 Å². The molecule has 0 spiro atoms. The molecule has 0 aliphatic heterocycles. The summed E-state index contributed by atoms with van der Waals surface area (Å²) in [6.45, 7) is 0. The molecule has 2 aromatic heterocycles. The largest absolute Gasteiger partial charge is 0.303 e. The third kappa shape index (κ3) is 4.44. The zero-order chi connectivity index (χ0) is 19.3. The van der Waals surface area contributed by atoms with Crippen molar-refractivity contribution in [3.8, 4) is 0 Å². The van der Waals surface area contributed by atoms with E-state index in [1.807, 2.05) is 12.1 Å². The second kappa shape index (κ2) is 8.87. The molecule has 1 aliphatic carbocycles. The van der Waals surface area contributed by atoms with Gasteiger partial charge in [0.2, 0.25) is 0 Å². The summed E-state index contributed by atoms with van der Waals surface area (Å²) >= 11 is 3.42. The Bertz CT molecular complexity index is 916. The molecule has 28 heavy (non-hydrogen) atoms. The van der Waals surface area contributed by atoms with Gasteiger partial charge in [0, 0.05) is 35.2 Å². The smallest absolute Gasteiger partial charge is 0.269 e. The van der Waals surface area contributed by atoms with Crippen LogP contribution in [0.3, 0.4) is 0 Å². The van der Waals surface area contributed by atoms with Crippen LogP contribution in [-0.2, 0) is 12.2 Å². The first-order chi connectivity index (χ1) is 13.7. The molecule has 8 heteroatoms. The van der Waals surface area contributed by atoms with Crippen molar-refractivity contribution < 1.29 is 4.92 Å². The van der Waals surface area contributed by atoms with Gasteiger partial charge in [0.1, 0.15) is 5.82 Å². The monoisotopic (exact) mass is 414 g/mol. The number of non-ortho nitro benzene ring substituents is 1. The Morgan fingerprint density at radius 2 is 1.93 bits per heavy atom. The maximum absolute atomic E-state index is 10.8. The maximum Gasteiger partial charge on any atom is 0.269 e. The number of nitro benzene ring substituents is 1. The van der Waals surface area contributed by atoms with E-state index in [2.05, 4.69) is 32.3 Å². The van der Waals surface area contributed by atoms with Crippen molar-refractivity contribution >= 4 is 28.8 Å². The summed E-state index contributed by atoms with van der Waals surface area (Å²) in [4.78, 5) is 11.8. The number of rotatable bonds is 7. The van der Waals surface area contributed by atoms with Crippen LogP contribution in [0.25, 0.3) is 0 Å². The minimum absolute atomic E-state index is 0.123. The molecular formula is C20H22N4O2S2. The quantitative estimate of drug-likeness (QED) is 0.284. The van der Waals surface area contributed by atoms with Gasteiger partial charge in [0.15, 0.2) is 5.16 Å². The van der Waals surface area contributed by atoms with Crippen LogP contribution in [0.5, 0.6) is 0 Å². The molecular weight excluding hydrogens is 392 g/mol. The van der Waals surface area contributed by atoms with E-state index in [0.29, 0.717) is 6.04 Å². The number of nitrogens with zero attached hydrogens (tertiary/aromatic N) is 4. The summed E-state index contributed by atoms with van der Waals surface area (Å²) in [7, 11) is 0. The van der Waals surface area contributed by atoms with Crippen LogP contribution in [0.2, 0.25) is 0 Å². The molecule has 0 unspecified atom stereocenters. The van der Waals surface area contributed by atoms with Gasteiger partial charge in [-0.05, 0) is 29.9 Å². The summed E-state index contributed by atoms with van der Waals surface area (Å²) in [6.07, 6.45) is 7.01. The van der Waals surface area contributed by atoms with Crippen LogP contribution >= 0.6 is 23.1 Å². The van der Waals surface area contributed by atoms with Crippen molar-refractivity contribution in [1.82, 2.24) is 14.8 Å². The lowest BCUT2D eigenvalue weighted by Gasteiger charge is -2.25. The lowest BCUT2D eigenvalue weighted by Crippen LogP contribution is -2.16. The molecule has 0 saturated heterocycles. The van der Waals surface area contributed by atoms with E-state index in [4.69, 9.17) is 0 Å². The Hall–Kier alpha value is -2.19. The first kappa shape index (κ1) is 19.1. The van der Waals surface area contributed by atoms with Crippen LogP contribution < -0.4 is 0 Å². The van der Waals surface area contributed by atoms with E-state index in [-0.39, 0.29) is 10.6 Å². The van der Waals surface area contributed by atoms with Gasteiger partial charge in [-0.2, -0.15) is 0 Å². The number of thioether (sulfide) groups is 1. The molecule has 2 heterocycles. The van der Waals surface area contributed by atoms with Crippen LogP contribution in [0.1, 0.15) is 54.4 Å². The Balaban J connectivity index is 1.53. The number of benzene rings is 1. The van der Waals surface area contributed by atoms with Gasteiger partial charge in [0.05, 0.1) is 4.92 Å². The van der Waals surface area contributed by atoms with Crippen LogP contribution in [-0.4, -0.2) is 19.7 Å². The summed E-state index contributed by atoms with van der Waals surface area (Å²) < 4.78 is 2.36. The topological polar surface area (TPSA) is 73.8 Å². The predicted molar refractivity (Wildman–Crippen MR) is 112 cm³/mol. The molecule has 3 aromatic rings. The molecule has 0 bridgehead atoms. The van der Waals surface area contributed by atoms with Crippen LogP contribution in [0.15, 0.2) is 46.9 Å². The van der Waals surface area contributed by atoms with Crippen LogP contribution in [0.4, 0.5) is 5.69 Å². The zero-order valence-corrected chi connectivity index (χ0v) is 17.1. The molecule has 1 aliphatic rings. The highest BCUT2D eigenvalue weighted by Crippen LogP contribution is 2.34. The Morgan fingerprint density at radius 3 is 2.61 bits per heavy atom. The van der Waals surface area contributed by atoms with Gasteiger partial charge in [0.25, 0.3) is 5.69 Å². The van der Waals surface area contributed by atoms with E-state index >= 15 is 0 Å². The van der Waals surface area contributed by atoms with Gasteiger partial charge in [-0.25, -0.2) is 0 Å². The van der Waals surface area contributed by atoms with Gasteiger partial charge >= 0.3 is 0 Å². The minimum atomic E-state index is -0.368. The first-order valence-corrected chi connectivity index (χ1v) is 11.4. The summed E-state index contributed by atoms with van der Waals surface area (Å²) in [5.74, 6) is 1.77. The van der Waals surface area contributed by atoms with E-state index in [9.17, 15) is 10.1 Å². The maximum atomic E-state index is 10.8. The number of thiophene rings is 1. The molecule has 1 fully saturated rings. The molecule has 146 valence electrons. The average Bonchev–Trinajstić information content (AvgIpc) is 3.37. The summed E-state index contributed by atoms with van der Waals surface area (Å²) in [5.41, 5.74) is 1.17. The van der Waals surface area contributed by atoms with Crippen molar-refractivity contribution in [1.29, 1.82) is 0 Å². The zero-order valence-electron chi connectivity index (χ0n) is 15.5. The second-order valence-electron chi connectivity index (χ2n) is 7.03. The third-order valence-electron chi connectivity index (χ3n) is 5.10. The lowest BCUT2D eigenvalue weighted by molar-refractivity contribution is -0.384. The van der Waals surface area contributed by atoms with Gasteiger partial charge < -0.3 is 4.57 Å². The SMILES string of the molecule is O=[N+]([O-])c1ccc(CSc2nnc(Cc3cccs3)n2C2CCCCC2)cc1. The lowest BCUT2D eigenvalue weighted by atomic mass is 9.95. The van der Waals surface area contributed by atoms with E-state index in [1.54, 1.807) is 35.2 Å². The average molecular weight is 415 g/mol. The van der Waals surface area contributed by atoms with Crippen molar-refractivity contribution in [2.24, 2.45) is 0 Å². The highest BCUT2D eigenvalue weighted by Gasteiger charge is 2.23. The fraction of sp³-hybridized carbons (Fsp3) is 0.400. The molecule has 0 N–H and O–H groups in total. The van der Waals surface area contributed by atoms with Crippen molar-refractivity contribution in [3.63, 3.8) is 0 Å². The molecule has 1 saturated carbocycles. The highest BCUT2D eigenvalue weighted by molar-refractivity contribution is 7.98. The second-order valence-corrected chi connectivity index (χ2v) is 9.00. The molecule has 0 atom stereocenters. The third-order valence-corrected chi connectivity index (χ3v) is 6.99. The Labute approximate surface area is 172 Å². The standard InChI is InChI=1S/C20H22N4O2S2/c25-24(26)17-10-8-15(9-11-17)14-28-20-22-21-19(13-18-7-4-12-27-18)23(20)16-5-2-1-3-6-16/h4,7-12,16H,1-3,5-6,13-14H2. The Morgan fingerprint density at radius 1 is 1.14 bits per heavy atom. The summed E-state index contributed by atoms with van der Waals surface area (Å²) in [6, 6.07) is 11.4. The fourth-order valence-corrected chi connectivity index (χ4v) is 5.34. The number of nitro groups is 1. The minimum Gasteiger partial charge on any atom is -0.303 e. The van der Waals surface area contributed by atoms with E-state index < -0.39 is 0 Å².